The zero-order valence-corrected chi connectivity index (χ0v) is 40.7. The van der Waals surface area contributed by atoms with Crippen LogP contribution in [0.4, 0.5) is 0 Å². The summed E-state index contributed by atoms with van der Waals surface area (Å²) in [5, 5.41) is 23.2. The second-order valence-corrected chi connectivity index (χ2v) is 18.9. The van der Waals surface area contributed by atoms with E-state index in [0.29, 0.717) is 25.9 Å². The van der Waals surface area contributed by atoms with Crippen molar-refractivity contribution in [1.29, 1.82) is 0 Å². The van der Waals surface area contributed by atoms with Gasteiger partial charge in [0.1, 0.15) is 0 Å². The molecule has 0 aromatic carbocycles. The molecule has 0 aromatic rings. The van der Waals surface area contributed by atoms with Crippen LogP contribution in [0, 0.1) is 0 Å². The van der Waals surface area contributed by atoms with Crippen LogP contribution in [0.2, 0.25) is 0 Å². The van der Waals surface area contributed by atoms with E-state index in [0.717, 1.165) is 57.8 Å². The molecule has 0 fully saturated rings. The van der Waals surface area contributed by atoms with Gasteiger partial charge in [-0.3, -0.25) is 9.59 Å². The normalized spacial score (nSPS) is 12.5. The predicted octanol–water partition coefficient (Wildman–Crippen LogP) is 16.4. The molecule has 0 saturated heterocycles. The Kier molecular flexibility index (Phi) is 49.5. The summed E-state index contributed by atoms with van der Waals surface area (Å²) in [7, 11) is 0. The molecule has 2 unspecified atom stereocenters. The van der Waals surface area contributed by atoms with Crippen LogP contribution >= 0.6 is 0 Å². The fraction of sp³-hybridized carbons (Fsp3) is 0.963. The second kappa shape index (κ2) is 50.5. The summed E-state index contributed by atoms with van der Waals surface area (Å²) < 4.78 is 5.48. The van der Waals surface area contributed by atoms with Gasteiger partial charge in [0.2, 0.25) is 5.91 Å². The first-order chi connectivity index (χ1) is 29.5. The minimum Gasteiger partial charge on any atom is -0.466 e. The minimum atomic E-state index is -0.674. The molecule has 3 N–H and O–H groups in total. The zero-order valence-electron chi connectivity index (χ0n) is 40.7. The summed E-state index contributed by atoms with van der Waals surface area (Å²) in [4.78, 5) is 24.5. The first-order valence-corrected chi connectivity index (χ1v) is 27.3. The third-order valence-electron chi connectivity index (χ3n) is 12.9. The average molecular weight is 850 g/mol. The van der Waals surface area contributed by atoms with Crippen molar-refractivity contribution < 1.29 is 24.5 Å². The van der Waals surface area contributed by atoms with Crippen molar-refractivity contribution >= 4 is 11.9 Å². The van der Waals surface area contributed by atoms with Crippen LogP contribution in [0.1, 0.15) is 309 Å². The van der Waals surface area contributed by atoms with Gasteiger partial charge in [0, 0.05) is 12.8 Å². The molecule has 0 radical (unpaired) electrons. The Balaban J connectivity index is 3.42. The topological polar surface area (TPSA) is 95.9 Å². The van der Waals surface area contributed by atoms with E-state index in [4.69, 9.17) is 4.74 Å². The van der Waals surface area contributed by atoms with Crippen LogP contribution in [0.3, 0.4) is 0 Å². The Bertz CT molecular complexity index is 852. The molecule has 0 bridgehead atoms. The number of aliphatic hydroxyl groups excluding tert-OH is 2. The van der Waals surface area contributed by atoms with Crippen LogP contribution in [0.25, 0.3) is 0 Å². The number of aliphatic hydroxyl groups is 2. The Morgan fingerprint density at radius 3 is 1.02 bits per heavy atom. The summed E-state index contributed by atoms with van der Waals surface area (Å²) in [6, 6.07) is -0.553. The van der Waals surface area contributed by atoms with Gasteiger partial charge in [-0.2, -0.15) is 0 Å². The molecule has 0 rings (SSSR count). The van der Waals surface area contributed by atoms with Gasteiger partial charge in [-0.05, 0) is 25.7 Å². The Labute approximate surface area is 375 Å². The van der Waals surface area contributed by atoms with Crippen LogP contribution < -0.4 is 5.32 Å². The largest absolute Gasteiger partial charge is 0.466 e. The summed E-state index contributed by atoms with van der Waals surface area (Å²) in [5.41, 5.74) is 0. The van der Waals surface area contributed by atoms with E-state index >= 15 is 0 Å². The third kappa shape index (κ3) is 46.4. The number of amides is 1. The molecule has 358 valence electrons. The fourth-order valence-electron chi connectivity index (χ4n) is 8.70. The Hall–Kier alpha value is -1.14. The lowest BCUT2D eigenvalue weighted by Gasteiger charge is -2.22. The van der Waals surface area contributed by atoms with Crippen molar-refractivity contribution in [3.05, 3.63) is 0 Å². The van der Waals surface area contributed by atoms with E-state index in [2.05, 4.69) is 19.2 Å². The van der Waals surface area contributed by atoms with E-state index in [9.17, 15) is 19.8 Å². The van der Waals surface area contributed by atoms with Gasteiger partial charge in [-0.15, -0.1) is 0 Å². The lowest BCUT2D eigenvalue weighted by molar-refractivity contribution is -0.143. The SMILES string of the molecule is CCCCCCCCCCCCCCCCCCCCC(=O)OCCCCCCCCCCCCCC(=O)NC(CO)C(O)CCCCCCCCCCCCCCCC. The summed E-state index contributed by atoms with van der Waals surface area (Å²) >= 11 is 0. The van der Waals surface area contributed by atoms with E-state index in [1.165, 1.54) is 218 Å². The highest BCUT2D eigenvalue weighted by atomic mass is 16.5. The standard InChI is InChI=1S/C54H107NO5/c1-3-5-7-9-11-13-15-17-19-20-21-22-24-28-32-36-40-44-48-54(59)60-49-45-41-37-33-29-25-27-31-35-39-43-47-53(58)55-51(50-56)52(57)46-42-38-34-30-26-23-18-16-14-12-10-8-6-4-2/h51-52,56-57H,3-50H2,1-2H3,(H,55,58). The molecule has 0 heterocycles. The van der Waals surface area contributed by atoms with Crippen LogP contribution in [0.15, 0.2) is 0 Å². The molecular formula is C54H107NO5. The number of carbonyl (C=O) groups is 2. The molecule has 6 nitrogen and oxygen atoms in total. The number of esters is 1. The second-order valence-electron chi connectivity index (χ2n) is 18.9. The number of carbonyl (C=O) groups excluding carboxylic acids is 2. The molecule has 60 heavy (non-hydrogen) atoms. The van der Waals surface area contributed by atoms with Crippen LogP contribution in [0.5, 0.6) is 0 Å². The lowest BCUT2D eigenvalue weighted by Crippen LogP contribution is -2.45. The number of hydrogen-bond acceptors (Lipinski definition) is 5. The minimum absolute atomic E-state index is 0.00847. The fourth-order valence-corrected chi connectivity index (χ4v) is 8.70. The van der Waals surface area contributed by atoms with Gasteiger partial charge in [0.15, 0.2) is 0 Å². The number of rotatable bonds is 51. The first kappa shape index (κ1) is 58.9. The van der Waals surface area contributed by atoms with Gasteiger partial charge >= 0.3 is 5.97 Å². The summed E-state index contributed by atoms with van der Waals surface area (Å²) in [6.07, 6.45) is 56.5. The van der Waals surface area contributed by atoms with Crippen LogP contribution in [-0.2, 0) is 14.3 Å². The predicted molar refractivity (Wildman–Crippen MR) is 260 cm³/mol. The summed E-state index contributed by atoms with van der Waals surface area (Å²) in [5.74, 6) is -0.0598. The van der Waals surface area contributed by atoms with Crippen molar-refractivity contribution in [2.24, 2.45) is 0 Å². The smallest absolute Gasteiger partial charge is 0.305 e. The number of hydrogen-bond donors (Lipinski definition) is 3. The molecule has 0 spiro atoms. The molecule has 2 atom stereocenters. The van der Waals surface area contributed by atoms with Gasteiger partial charge < -0.3 is 20.3 Å². The number of ether oxygens (including phenoxy) is 1. The maximum Gasteiger partial charge on any atom is 0.305 e. The molecule has 1 amide bonds. The monoisotopic (exact) mass is 850 g/mol. The molecule has 0 aliphatic rings. The molecule has 0 aliphatic heterocycles. The van der Waals surface area contributed by atoms with E-state index < -0.39 is 12.1 Å². The van der Waals surface area contributed by atoms with Crippen molar-refractivity contribution in [1.82, 2.24) is 5.32 Å². The highest BCUT2D eigenvalue weighted by molar-refractivity contribution is 5.76. The van der Waals surface area contributed by atoms with Crippen molar-refractivity contribution in [2.45, 2.75) is 321 Å². The maximum absolute atomic E-state index is 12.4. The van der Waals surface area contributed by atoms with E-state index in [1.54, 1.807) is 0 Å². The molecule has 0 saturated carbocycles. The molecule has 0 aliphatic carbocycles. The zero-order chi connectivity index (χ0) is 43.7. The molecular weight excluding hydrogens is 743 g/mol. The number of nitrogens with one attached hydrogen (secondary N) is 1. The van der Waals surface area contributed by atoms with E-state index in [1.807, 2.05) is 0 Å². The lowest BCUT2D eigenvalue weighted by atomic mass is 10.0. The van der Waals surface area contributed by atoms with Crippen molar-refractivity contribution in [3.8, 4) is 0 Å². The van der Waals surface area contributed by atoms with Gasteiger partial charge in [-0.25, -0.2) is 0 Å². The molecule has 0 aromatic heterocycles. The average Bonchev–Trinajstić information content (AvgIpc) is 3.25. The van der Waals surface area contributed by atoms with E-state index in [-0.39, 0.29) is 18.5 Å². The van der Waals surface area contributed by atoms with Crippen molar-refractivity contribution in [2.75, 3.05) is 13.2 Å². The van der Waals surface area contributed by atoms with Gasteiger partial charge in [0.25, 0.3) is 0 Å². The quantitative estimate of drug-likeness (QED) is 0.0418. The third-order valence-corrected chi connectivity index (χ3v) is 12.9. The Morgan fingerprint density at radius 2 is 0.683 bits per heavy atom. The maximum atomic E-state index is 12.4. The van der Waals surface area contributed by atoms with Gasteiger partial charge in [0.05, 0.1) is 25.4 Å². The number of unbranched alkanes of at least 4 members (excludes halogenated alkanes) is 40. The Morgan fingerprint density at radius 1 is 0.400 bits per heavy atom. The first-order valence-electron chi connectivity index (χ1n) is 27.3. The molecule has 6 heteroatoms. The van der Waals surface area contributed by atoms with Crippen molar-refractivity contribution in [3.63, 3.8) is 0 Å². The summed E-state index contributed by atoms with van der Waals surface area (Å²) in [6.45, 7) is 4.93. The highest BCUT2D eigenvalue weighted by Crippen LogP contribution is 2.17. The van der Waals surface area contributed by atoms with Gasteiger partial charge in [-0.1, -0.05) is 271 Å². The van der Waals surface area contributed by atoms with Crippen LogP contribution in [-0.4, -0.2) is 47.4 Å². The highest BCUT2D eigenvalue weighted by Gasteiger charge is 2.20.